The van der Waals surface area contributed by atoms with E-state index in [9.17, 15) is 9.90 Å². The molecule has 1 rings (SSSR count). The summed E-state index contributed by atoms with van der Waals surface area (Å²) in [5, 5.41) is 18.4. The summed E-state index contributed by atoms with van der Waals surface area (Å²) in [5.41, 5.74) is 6.22. The molecule has 1 amide bonds. The molecule has 16 heavy (non-hydrogen) atoms. The van der Waals surface area contributed by atoms with E-state index in [-0.39, 0.29) is 18.2 Å². The lowest BCUT2D eigenvalue weighted by Crippen LogP contribution is -2.48. The number of H-pyrrole nitrogens is 1. The van der Waals surface area contributed by atoms with Gasteiger partial charge in [-0.05, 0) is 20.3 Å². The number of nitrogen functional groups attached to an aromatic ring is 1. The number of aliphatic hydroxyl groups is 1. The second kappa shape index (κ2) is 4.52. The van der Waals surface area contributed by atoms with Crippen molar-refractivity contribution >= 4 is 11.6 Å². The van der Waals surface area contributed by atoms with Gasteiger partial charge in [0.1, 0.15) is 0 Å². The van der Waals surface area contributed by atoms with Crippen LogP contribution in [0, 0.1) is 6.92 Å². The average Bonchev–Trinajstić information content (AvgIpc) is 2.59. The Morgan fingerprint density at radius 3 is 2.69 bits per heavy atom. The Morgan fingerprint density at radius 2 is 2.31 bits per heavy atom. The van der Waals surface area contributed by atoms with Crippen molar-refractivity contribution in [2.75, 3.05) is 12.3 Å². The van der Waals surface area contributed by atoms with Crippen LogP contribution in [0.1, 0.15) is 36.5 Å². The third kappa shape index (κ3) is 2.33. The van der Waals surface area contributed by atoms with E-state index in [0.717, 1.165) is 0 Å². The Morgan fingerprint density at radius 1 is 1.69 bits per heavy atom. The number of carbonyl (C=O) groups is 1. The smallest absolute Gasteiger partial charge is 0.274 e. The van der Waals surface area contributed by atoms with Gasteiger partial charge in [-0.1, -0.05) is 6.92 Å². The normalized spacial score (nSPS) is 14.5. The molecule has 0 aliphatic heterocycles. The summed E-state index contributed by atoms with van der Waals surface area (Å²) in [6.07, 6.45) is 0.624. The first kappa shape index (κ1) is 12.5. The van der Waals surface area contributed by atoms with Crippen molar-refractivity contribution < 1.29 is 9.90 Å². The number of amides is 1. The highest BCUT2D eigenvalue weighted by molar-refractivity contribution is 5.98. The molecular weight excluding hydrogens is 208 g/mol. The van der Waals surface area contributed by atoms with Crippen LogP contribution in [0.2, 0.25) is 0 Å². The summed E-state index contributed by atoms with van der Waals surface area (Å²) in [6, 6.07) is 0. The number of aryl methyl sites for hydroxylation is 1. The van der Waals surface area contributed by atoms with Crippen molar-refractivity contribution in [1.82, 2.24) is 15.5 Å². The summed E-state index contributed by atoms with van der Waals surface area (Å²) >= 11 is 0. The van der Waals surface area contributed by atoms with Crippen LogP contribution < -0.4 is 11.1 Å². The number of aliphatic hydroxyl groups excluding tert-OH is 1. The number of hydrogen-bond acceptors (Lipinski definition) is 4. The first-order valence-electron chi connectivity index (χ1n) is 5.17. The summed E-state index contributed by atoms with van der Waals surface area (Å²) in [5.74, 6) is -0.375. The molecule has 6 nitrogen and oxygen atoms in total. The molecule has 0 aliphatic rings. The minimum Gasteiger partial charge on any atom is -0.395 e. The van der Waals surface area contributed by atoms with Gasteiger partial charge in [-0.25, -0.2) is 0 Å². The van der Waals surface area contributed by atoms with Gasteiger partial charge in [-0.3, -0.25) is 9.89 Å². The van der Waals surface area contributed by atoms with E-state index >= 15 is 0 Å². The highest BCUT2D eigenvalue weighted by Gasteiger charge is 2.26. The van der Waals surface area contributed by atoms with Gasteiger partial charge in [-0.15, -0.1) is 0 Å². The van der Waals surface area contributed by atoms with Crippen LogP contribution in [0.5, 0.6) is 0 Å². The number of aromatic nitrogens is 2. The third-order valence-electron chi connectivity index (χ3n) is 2.75. The number of aromatic amines is 1. The van der Waals surface area contributed by atoms with Gasteiger partial charge < -0.3 is 16.2 Å². The summed E-state index contributed by atoms with van der Waals surface area (Å²) in [7, 11) is 0. The molecule has 0 bridgehead atoms. The minimum absolute atomic E-state index is 0.126. The fraction of sp³-hybridized carbons (Fsp3) is 0.600. The molecule has 1 atom stereocenters. The topological polar surface area (TPSA) is 104 Å². The number of nitrogens with zero attached hydrogens (tertiary/aromatic N) is 1. The molecule has 1 unspecified atom stereocenters. The van der Waals surface area contributed by atoms with Gasteiger partial charge >= 0.3 is 0 Å². The first-order chi connectivity index (χ1) is 7.43. The van der Waals surface area contributed by atoms with Crippen molar-refractivity contribution in [3.8, 4) is 0 Å². The molecule has 0 spiro atoms. The molecule has 0 radical (unpaired) electrons. The van der Waals surface area contributed by atoms with E-state index in [1.54, 1.807) is 13.8 Å². The second-order valence-electron chi connectivity index (χ2n) is 4.14. The van der Waals surface area contributed by atoms with Crippen molar-refractivity contribution in [3.05, 3.63) is 11.4 Å². The number of rotatable bonds is 4. The molecule has 0 saturated carbocycles. The SMILES string of the molecule is CCC(C)(CO)NC(=O)c1n[nH]c(C)c1N. The van der Waals surface area contributed by atoms with Crippen LogP contribution in [0.4, 0.5) is 5.69 Å². The van der Waals surface area contributed by atoms with Gasteiger partial charge in [0.2, 0.25) is 0 Å². The van der Waals surface area contributed by atoms with Crippen LogP contribution in [-0.4, -0.2) is 33.4 Å². The highest BCUT2D eigenvalue weighted by atomic mass is 16.3. The zero-order valence-corrected chi connectivity index (χ0v) is 9.79. The van der Waals surface area contributed by atoms with Crippen LogP contribution in [0.15, 0.2) is 0 Å². The molecule has 1 heterocycles. The molecule has 5 N–H and O–H groups in total. The molecular formula is C10H18N4O2. The van der Waals surface area contributed by atoms with Gasteiger partial charge in [-0.2, -0.15) is 5.10 Å². The van der Waals surface area contributed by atoms with Crippen LogP contribution >= 0.6 is 0 Å². The zero-order valence-electron chi connectivity index (χ0n) is 9.79. The number of carbonyl (C=O) groups excluding carboxylic acids is 1. The Balaban J connectivity index is 2.84. The van der Waals surface area contributed by atoms with Crippen molar-refractivity contribution in [1.29, 1.82) is 0 Å². The standard InChI is InChI=1S/C10H18N4O2/c1-4-10(3,5-15)12-9(16)8-7(11)6(2)13-14-8/h15H,4-5,11H2,1-3H3,(H,12,16)(H,13,14). The van der Waals surface area contributed by atoms with E-state index in [1.807, 2.05) is 6.92 Å². The average molecular weight is 226 g/mol. The van der Waals surface area contributed by atoms with Crippen molar-refractivity contribution in [2.45, 2.75) is 32.7 Å². The van der Waals surface area contributed by atoms with Gasteiger partial charge in [0, 0.05) is 0 Å². The van der Waals surface area contributed by atoms with Gasteiger partial charge in [0.25, 0.3) is 5.91 Å². The molecule has 0 fully saturated rings. The number of nitrogens with one attached hydrogen (secondary N) is 2. The summed E-state index contributed by atoms with van der Waals surface area (Å²) in [6.45, 7) is 5.26. The predicted octanol–water partition coefficient (Wildman–Crippen LogP) is 0.191. The fourth-order valence-corrected chi connectivity index (χ4v) is 1.18. The van der Waals surface area contributed by atoms with Gasteiger partial charge in [0.05, 0.1) is 23.5 Å². The Labute approximate surface area is 94.2 Å². The van der Waals surface area contributed by atoms with Gasteiger partial charge in [0.15, 0.2) is 5.69 Å². The van der Waals surface area contributed by atoms with Crippen molar-refractivity contribution in [2.24, 2.45) is 0 Å². The maximum absolute atomic E-state index is 11.8. The molecule has 90 valence electrons. The Hall–Kier alpha value is -1.56. The lowest BCUT2D eigenvalue weighted by molar-refractivity contribution is 0.0843. The third-order valence-corrected chi connectivity index (χ3v) is 2.75. The second-order valence-corrected chi connectivity index (χ2v) is 4.14. The summed E-state index contributed by atoms with van der Waals surface area (Å²) < 4.78 is 0. The number of anilines is 1. The van der Waals surface area contributed by atoms with E-state index in [0.29, 0.717) is 17.8 Å². The van der Waals surface area contributed by atoms with E-state index in [2.05, 4.69) is 15.5 Å². The zero-order chi connectivity index (χ0) is 12.3. The predicted molar refractivity (Wildman–Crippen MR) is 61.0 cm³/mol. The lowest BCUT2D eigenvalue weighted by atomic mass is 10.00. The lowest BCUT2D eigenvalue weighted by Gasteiger charge is -2.26. The van der Waals surface area contributed by atoms with Crippen LogP contribution in [-0.2, 0) is 0 Å². The summed E-state index contributed by atoms with van der Waals surface area (Å²) in [4.78, 5) is 11.8. The van der Waals surface area contributed by atoms with Crippen LogP contribution in [0.25, 0.3) is 0 Å². The molecule has 1 aromatic rings. The highest BCUT2D eigenvalue weighted by Crippen LogP contribution is 2.15. The molecule has 6 heteroatoms. The monoisotopic (exact) mass is 226 g/mol. The van der Waals surface area contributed by atoms with E-state index < -0.39 is 5.54 Å². The molecule has 0 saturated heterocycles. The Bertz CT molecular complexity index is 382. The minimum atomic E-state index is -0.642. The maximum Gasteiger partial charge on any atom is 0.274 e. The Kier molecular flexibility index (Phi) is 3.54. The fourth-order valence-electron chi connectivity index (χ4n) is 1.18. The quantitative estimate of drug-likeness (QED) is 0.588. The largest absolute Gasteiger partial charge is 0.395 e. The maximum atomic E-state index is 11.8. The molecule has 1 aromatic heterocycles. The molecule has 0 aliphatic carbocycles. The van der Waals surface area contributed by atoms with Crippen molar-refractivity contribution in [3.63, 3.8) is 0 Å². The molecule has 0 aromatic carbocycles. The van der Waals surface area contributed by atoms with E-state index in [4.69, 9.17) is 5.73 Å². The van der Waals surface area contributed by atoms with E-state index in [1.165, 1.54) is 0 Å². The number of hydrogen-bond donors (Lipinski definition) is 4. The number of nitrogens with two attached hydrogens (primary N) is 1. The first-order valence-corrected chi connectivity index (χ1v) is 5.17. The van der Waals surface area contributed by atoms with Crippen LogP contribution in [0.3, 0.4) is 0 Å².